The molecule has 4 nitrogen and oxygen atoms in total. The van der Waals surface area contributed by atoms with Crippen molar-refractivity contribution in [2.45, 2.75) is 13.8 Å². The van der Waals surface area contributed by atoms with Gasteiger partial charge in [0.25, 0.3) is 5.91 Å². The molecule has 0 spiro atoms. The first-order valence-corrected chi connectivity index (χ1v) is 8.15. The van der Waals surface area contributed by atoms with Crippen LogP contribution in [0.3, 0.4) is 0 Å². The summed E-state index contributed by atoms with van der Waals surface area (Å²) in [4.78, 5) is 17.0. The molecule has 1 amide bonds. The third-order valence-corrected chi connectivity index (χ3v) is 4.41. The minimum atomic E-state index is -0.114. The number of hydrogen-bond donors (Lipinski definition) is 2. The Morgan fingerprint density at radius 1 is 1.04 bits per heavy atom. The Hall–Kier alpha value is -2.66. The van der Waals surface area contributed by atoms with E-state index in [2.05, 4.69) is 41.6 Å². The maximum absolute atomic E-state index is 12.0. The molecule has 0 radical (unpaired) electrons. The highest BCUT2D eigenvalue weighted by Gasteiger charge is 2.07. The molecule has 3 aromatic rings. The van der Waals surface area contributed by atoms with Crippen LogP contribution in [0, 0.1) is 13.8 Å². The van der Waals surface area contributed by atoms with Crippen molar-refractivity contribution in [1.82, 2.24) is 4.98 Å². The summed E-state index contributed by atoms with van der Waals surface area (Å²) >= 11 is 1.41. The smallest absolute Gasteiger partial charge is 0.265 e. The maximum Gasteiger partial charge on any atom is 0.265 e. The SMILES string of the molecule is Cc1ccc(Nc2ccc(NC(=O)c3cccs3)cn2)cc1C. The molecule has 116 valence electrons. The molecule has 0 aliphatic carbocycles. The highest BCUT2D eigenvalue weighted by atomic mass is 32.1. The van der Waals surface area contributed by atoms with Crippen molar-refractivity contribution in [3.05, 3.63) is 70.0 Å². The Morgan fingerprint density at radius 2 is 1.87 bits per heavy atom. The van der Waals surface area contributed by atoms with Crippen molar-refractivity contribution in [2.75, 3.05) is 10.6 Å². The number of pyridine rings is 1. The average molecular weight is 323 g/mol. The standard InChI is InChI=1S/C18H17N3OS/c1-12-5-6-14(10-13(12)2)20-17-8-7-15(11-19-17)21-18(22)16-4-3-9-23-16/h3-11H,1-2H3,(H,19,20)(H,21,22). The molecule has 0 atom stereocenters. The van der Waals surface area contributed by atoms with Crippen molar-refractivity contribution >= 4 is 34.4 Å². The third kappa shape index (κ3) is 3.76. The molecule has 0 unspecified atom stereocenters. The molecule has 1 aromatic carbocycles. The van der Waals surface area contributed by atoms with Gasteiger partial charge in [0.15, 0.2) is 0 Å². The molecular formula is C18H17N3OS. The van der Waals surface area contributed by atoms with Gasteiger partial charge in [-0.2, -0.15) is 0 Å². The van der Waals surface area contributed by atoms with Crippen LogP contribution in [0.25, 0.3) is 0 Å². The Kier molecular flexibility index (Phi) is 4.39. The van der Waals surface area contributed by atoms with Crippen LogP contribution in [-0.2, 0) is 0 Å². The number of anilines is 3. The van der Waals surface area contributed by atoms with Gasteiger partial charge in [-0.15, -0.1) is 11.3 Å². The quantitative estimate of drug-likeness (QED) is 0.728. The summed E-state index contributed by atoms with van der Waals surface area (Å²) in [5.41, 5.74) is 4.16. The van der Waals surface area contributed by atoms with Crippen molar-refractivity contribution in [3.63, 3.8) is 0 Å². The summed E-state index contributed by atoms with van der Waals surface area (Å²) in [6.45, 7) is 4.17. The molecule has 5 heteroatoms. The predicted molar refractivity (Wildman–Crippen MR) is 95.7 cm³/mol. The Balaban J connectivity index is 1.67. The van der Waals surface area contributed by atoms with E-state index in [-0.39, 0.29) is 5.91 Å². The number of amides is 1. The average Bonchev–Trinajstić information content (AvgIpc) is 3.07. The zero-order valence-corrected chi connectivity index (χ0v) is 13.8. The number of aryl methyl sites for hydroxylation is 2. The first-order valence-electron chi connectivity index (χ1n) is 7.27. The maximum atomic E-state index is 12.0. The van der Waals surface area contributed by atoms with Gasteiger partial charge >= 0.3 is 0 Å². The zero-order chi connectivity index (χ0) is 16.2. The van der Waals surface area contributed by atoms with Crippen molar-refractivity contribution < 1.29 is 4.79 Å². The van der Waals surface area contributed by atoms with Gasteiger partial charge in [-0.3, -0.25) is 4.79 Å². The van der Waals surface area contributed by atoms with Gasteiger partial charge in [0.2, 0.25) is 0 Å². The molecule has 0 aliphatic rings. The van der Waals surface area contributed by atoms with E-state index in [4.69, 9.17) is 0 Å². The zero-order valence-electron chi connectivity index (χ0n) is 13.0. The summed E-state index contributed by atoms with van der Waals surface area (Å²) in [6, 6.07) is 13.5. The Morgan fingerprint density at radius 3 is 2.52 bits per heavy atom. The normalized spacial score (nSPS) is 10.3. The van der Waals surface area contributed by atoms with Crippen LogP contribution in [0.4, 0.5) is 17.2 Å². The van der Waals surface area contributed by atoms with Crippen molar-refractivity contribution in [3.8, 4) is 0 Å². The lowest BCUT2D eigenvalue weighted by molar-refractivity contribution is 0.103. The number of benzene rings is 1. The van der Waals surface area contributed by atoms with Crippen LogP contribution in [0.2, 0.25) is 0 Å². The highest BCUT2D eigenvalue weighted by molar-refractivity contribution is 7.12. The van der Waals surface area contributed by atoms with Gasteiger partial charge in [0.1, 0.15) is 5.82 Å². The molecule has 0 aliphatic heterocycles. The number of aromatic nitrogens is 1. The van der Waals surface area contributed by atoms with Crippen molar-refractivity contribution in [2.24, 2.45) is 0 Å². The predicted octanol–water partition coefficient (Wildman–Crippen LogP) is 4.76. The van der Waals surface area contributed by atoms with E-state index in [1.165, 1.54) is 22.5 Å². The van der Waals surface area contributed by atoms with E-state index in [1.54, 1.807) is 12.3 Å². The van der Waals surface area contributed by atoms with Gasteiger partial charge in [0, 0.05) is 5.69 Å². The van der Waals surface area contributed by atoms with E-state index in [9.17, 15) is 4.79 Å². The second-order valence-corrected chi connectivity index (χ2v) is 6.24. The Bertz CT molecular complexity index is 811. The summed E-state index contributed by atoms with van der Waals surface area (Å²) in [5, 5.41) is 7.97. The number of rotatable bonds is 4. The molecule has 2 N–H and O–H groups in total. The fourth-order valence-corrected chi connectivity index (χ4v) is 2.73. The fraction of sp³-hybridized carbons (Fsp3) is 0.111. The van der Waals surface area contributed by atoms with Gasteiger partial charge < -0.3 is 10.6 Å². The van der Waals surface area contributed by atoms with Gasteiger partial charge in [-0.1, -0.05) is 12.1 Å². The molecule has 2 heterocycles. The number of carbonyl (C=O) groups excluding carboxylic acids is 1. The molecule has 0 saturated heterocycles. The minimum Gasteiger partial charge on any atom is -0.340 e. The highest BCUT2D eigenvalue weighted by Crippen LogP contribution is 2.19. The summed E-state index contributed by atoms with van der Waals surface area (Å²) in [6.07, 6.45) is 1.65. The molecule has 0 fully saturated rings. The molecule has 0 bridgehead atoms. The molecule has 3 rings (SSSR count). The van der Waals surface area contributed by atoms with Gasteiger partial charge in [0.05, 0.1) is 16.8 Å². The number of nitrogens with zero attached hydrogens (tertiary/aromatic N) is 1. The fourth-order valence-electron chi connectivity index (χ4n) is 2.11. The minimum absolute atomic E-state index is 0.114. The largest absolute Gasteiger partial charge is 0.340 e. The van der Waals surface area contributed by atoms with Crippen molar-refractivity contribution in [1.29, 1.82) is 0 Å². The summed E-state index contributed by atoms with van der Waals surface area (Å²) in [7, 11) is 0. The first kappa shape index (κ1) is 15.2. The Labute approximate surface area is 139 Å². The second kappa shape index (κ2) is 6.62. The van der Waals surface area contributed by atoms with Gasteiger partial charge in [-0.05, 0) is 60.7 Å². The van der Waals surface area contributed by atoms with E-state index in [0.717, 1.165) is 11.5 Å². The van der Waals surface area contributed by atoms with Gasteiger partial charge in [-0.25, -0.2) is 4.98 Å². The number of hydrogen-bond acceptors (Lipinski definition) is 4. The topological polar surface area (TPSA) is 54.0 Å². The van der Waals surface area contributed by atoms with Crippen LogP contribution in [0.5, 0.6) is 0 Å². The monoisotopic (exact) mass is 323 g/mol. The lowest BCUT2D eigenvalue weighted by atomic mass is 10.1. The third-order valence-electron chi connectivity index (χ3n) is 3.55. The van der Waals surface area contributed by atoms with Crippen LogP contribution < -0.4 is 10.6 Å². The van der Waals surface area contributed by atoms with E-state index >= 15 is 0 Å². The molecule has 0 saturated carbocycles. The number of nitrogens with one attached hydrogen (secondary N) is 2. The first-order chi connectivity index (χ1) is 11.1. The van der Waals surface area contributed by atoms with Crippen LogP contribution in [0.1, 0.15) is 20.8 Å². The van der Waals surface area contributed by atoms with Crippen LogP contribution in [0.15, 0.2) is 54.0 Å². The van der Waals surface area contributed by atoms with Crippen LogP contribution >= 0.6 is 11.3 Å². The van der Waals surface area contributed by atoms with Crippen LogP contribution in [-0.4, -0.2) is 10.9 Å². The summed E-state index contributed by atoms with van der Waals surface area (Å²) in [5.74, 6) is 0.624. The lowest BCUT2D eigenvalue weighted by Gasteiger charge is -2.09. The number of carbonyl (C=O) groups is 1. The van der Waals surface area contributed by atoms with E-state index in [1.807, 2.05) is 29.6 Å². The number of thiophene rings is 1. The lowest BCUT2D eigenvalue weighted by Crippen LogP contribution is -2.10. The van der Waals surface area contributed by atoms with E-state index in [0.29, 0.717) is 10.6 Å². The molecular weight excluding hydrogens is 306 g/mol. The summed E-state index contributed by atoms with van der Waals surface area (Å²) < 4.78 is 0. The van der Waals surface area contributed by atoms with E-state index < -0.39 is 0 Å². The second-order valence-electron chi connectivity index (χ2n) is 5.29. The molecule has 23 heavy (non-hydrogen) atoms. The molecule has 2 aromatic heterocycles.